The van der Waals surface area contributed by atoms with Crippen LogP contribution in [-0.2, 0) is 6.54 Å². The minimum absolute atomic E-state index is 0.0173. The van der Waals surface area contributed by atoms with E-state index in [1.807, 2.05) is 12.1 Å². The molecule has 21 heavy (non-hydrogen) atoms. The van der Waals surface area contributed by atoms with Crippen molar-refractivity contribution in [3.63, 3.8) is 0 Å². The summed E-state index contributed by atoms with van der Waals surface area (Å²) in [6.07, 6.45) is 5.65. The molecule has 0 radical (unpaired) electrons. The van der Waals surface area contributed by atoms with Gasteiger partial charge in [-0.1, -0.05) is 13.3 Å². The topological polar surface area (TPSA) is 58.2 Å². The van der Waals surface area contributed by atoms with Gasteiger partial charge in [-0.25, -0.2) is 0 Å². The summed E-state index contributed by atoms with van der Waals surface area (Å²) in [6.45, 7) is 3.37. The van der Waals surface area contributed by atoms with Crippen LogP contribution in [0.2, 0.25) is 0 Å². The van der Waals surface area contributed by atoms with Gasteiger partial charge in [0, 0.05) is 30.9 Å². The predicted molar refractivity (Wildman–Crippen MR) is 81.2 cm³/mol. The van der Waals surface area contributed by atoms with Gasteiger partial charge in [0.2, 0.25) is 0 Å². The minimum atomic E-state index is -0.0173. The zero-order valence-corrected chi connectivity index (χ0v) is 12.5. The Hall–Kier alpha value is -2.30. The summed E-state index contributed by atoms with van der Waals surface area (Å²) in [7, 11) is 1.78. The number of hydrogen-bond donors (Lipinski definition) is 1. The number of rotatable bonds is 7. The Bertz CT molecular complexity index is 549. The molecule has 5 heteroatoms. The van der Waals surface area contributed by atoms with E-state index >= 15 is 0 Å². The molecule has 1 aromatic carbocycles. The summed E-state index contributed by atoms with van der Waals surface area (Å²) in [4.78, 5) is 14.0. The number of hydrogen-bond acceptors (Lipinski definition) is 3. The maximum atomic E-state index is 12.3. The highest BCUT2D eigenvalue weighted by molar-refractivity contribution is 5.94. The molecule has 0 spiro atoms. The highest BCUT2D eigenvalue weighted by Crippen LogP contribution is 2.14. The molecule has 0 bridgehead atoms. The Morgan fingerprint density at radius 2 is 2.10 bits per heavy atom. The fourth-order valence-electron chi connectivity index (χ4n) is 1.96. The number of ether oxygens (including phenoxy) is 1. The molecule has 0 atom stereocenters. The van der Waals surface area contributed by atoms with Gasteiger partial charge in [0.05, 0.1) is 12.8 Å². The van der Waals surface area contributed by atoms with Crippen LogP contribution in [-0.4, -0.2) is 34.7 Å². The van der Waals surface area contributed by atoms with Crippen LogP contribution in [0.1, 0.15) is 35.7 Å². The van der Waals surface area contributed by atoms with Crippen molar-refractivity contribution in [3.05, 3.63) is 47.8 Å². The molecule has 0 unspecified atom stereocenters. The minimum Gasteiger partial charge on any atom is -0.494 e. The van der Waals surface area contributed by atoms with Gasteiger partial charge in [-0.2, -0.15) is 5.10 Å². The van der Waals surface area contributed by atoms with Crippen LogP contribution in [0, 0.1) is 0 Å². The summed E-state index contributed by atoms with van der Waals surface area (Å²) in [5, 5.41) is 6.62. The molecular formula is C16H21N3O2. The lowest BCUT2D eigenvalue weighted by Crippen LogP contribution is -2.25. The van der Waals surface area contributed by atoms with Crippen LogP contribution in [0.5, 0.6) is 5.75 Å². The van der Waals surface area contributed by atoms with Crippen molar-refractivity contribution < 1.29 is 9.53 Å². The lowest BCUT2D eigenvalue weighted by molar-refractivity contribution is 0.0785. The summed E-state index contributed by atoms with van der Waals surface area (Å²) in [6, 6.07) is 7.29. The van der Waals surface area contributed by atoms with Crippen LogP contribution in [0.3, 0.4) is 0 Å². The molecule has 1 heterocycles. The maximum absolute atomic E-state index is 12.3. The highest BCUT2D eigenvalue weighted by atomic mass is 16.5. The summed E-state index contributed by atoms with van der Waals surface area (Å²) < 4.78 is 5.59. The number of H-pyrrole nitrogens is 1. The smallest absolute Gasteiger partial charge is 0.253 e. The number of unbranched alkanes of at least 4 members (excludes halogenated alkanes) is 1. The Kier molecular flexibility index (Phi) is 5.37. The Labute approximate surface area is 124 Å². The van der Waals surface area contributed by atoms with Crippen LogP contribution in [0.15, 0.2) is 36.7 Å². The second-order valence-electron chi connectivity index (χ2n) is 4.99. The summed E-state index contributed by atoms with van der Waals surface area (Å²) in [5.41, 5.74) is 1.63. The first-order valence-electron chi connectivity index (χ1n) is 7.16. The fourth-order valence-corrected chi connectivity index (χ4v) is 1.96. The van der Waals surface area contributed by atoms with Gasteiger partial charge < -0.3 is 9.64 Å². The molecule has 5 nitrogen and oxygen atoms in total. The first kappa shape index (κ1) is 15.1. The third kappa shape index (κ3) is 4.34. The Balaban J connectivity index is 1.92. The second-order valence-corrected chi connectivity index (χ2v) is 4.99. The largest absolute Gasteiger partial charge is 0.494 e. The van der Waals surface area contributed by atoms with Gasteiger partial charge in [0.25, 0.3) is 5.91 Å². The van der Waals surface area contributed by atoms with Crippen molar-refractivity contribution in [3.8, 4) is 5.75 Å². The monoisotopic (exact) mass is 287 g/mol. The first-order valence-corrected chi connectivity index (χ1v) is 7.16. The molecule has 0 fully saturated rings. The van der Waals surface area contributed by atoms with Crippen LogP contribution in [0.25, 0.3) is 0 Å². The molecule has 112 valence electrons. The van der Waals surface area contributed by atoms with E-state index in [0.717, 1.165) is 24.2 Å². The van der Waals surface area contributed by atoms with Crippen molar-refractivity contribution in [1.29, 1.82) is 0 Å². The van der Waals surface area contributed by atoms with E-state index < -0.39 is 0 Å². The van der Waals surface area contributed by atoms with E-state index in [0.29, 0.717) is 18.7 Å². The van der Waals surface area contributed by atoms with E-state index in [-0.39, 0.29) is 5.91 Å². The quantitative estimate of drug-likeness (QED) is 0.797. The van der Waals surface area contributed by atoms with E-state index in [1.54, 1.807) is 36.5 Å². The fraction of sp³-hybridized carbons (Fsp3) is 0.375. The molecule has 1 amide bonds. The molecule has 0 aliphatic carbocycles. The van der Waals surface area contributed by atoms with Gasteiger partial charge in [0.15, 0.2) is 0 Å². The third-order valence-corrected chi connectivity index (χ3v) is 3.19. The molecular weight excluding hydrogens is 266 g/mol. The zero-order chi connectivity index (χ0) is 15.1. The number of amides is 1. The van der Waals surface area contributed by atoms with Crippen molar-refractivity contribution in [2.24, 2.45) is 0 Å². The van der Waals surface area contributed by atoms with Crippen LogP contribution < -0.4 is 4.74 Å². The van der Waals surface area contributed by atoms with Gasteiger partial charge >= 0.3 is 0 Å². The van der Waals surface area contributed by atoms with E-state index in [2.05, 4.69) is 17.1 Å². The number of nitrogens with one attached hydrogen (secondary N) is 1. The lowest BCUT2D eigenvalue weighted by Gasteiger charge is -2.16. The molecule has 1 N–H and O–H groups in total. The predicted octanol–water partition coefficient (Wildman–Crippen LogP) is 2.86. The number of carbonyl (C=O) groups is 1. The third-order valence-electron chi connectivity index (χ3n) is 3.19. The van der Waals surface area contributed by atoms with Gasteiger partial charge in [-0.3, -0.25) is 9.89 Å². The molecule has 0 aliphatic heterocycles. The van der Waals surface area contributed by atoms with Crippen LogP contribution >= 0.6 is 0 Å². The standard InChI is InChI=1S/C16H21N3O2/c1-3-4-9-21-15-7-5-14(6-8-15)16(20)19(2)12-13-10-17-18-11-13/h5-8,10-11H,3-4,9,12H2,1-2H3,(H,17,18). The summed E-state index contributed by atoms with van der Waals surface area (Å²) >= 11 is 0. The number of aromatic nitrogens is 2. The maximum Gasteiger partial charge on any atom is 0.253 e. The van der Waals surface area contributed by atoms with E-state index in [1.165, 1.54) is 0 Å². The van der Waals surface area contributed by atoms with Gasteiger partial charge in [0.1, 0.15) is 5.75 Å². The van der Waals surface area contributed by atoms with Crippen molar-refractivity contribution in [2.75, 3.05) is 13.7 Å². The number of nitrogens with zero attached hydrogens (tertiary/aromatic N) is 2. The Morgan fingerprint density at radius 3 is 2.71 bits per heavy atom. The molecule has 2 aromatic rings. The van der Waals surface area contributed by atoms with Gasteiger partial charge in [-0.15, -0.1) is 0 Å². The number of aromatic amines is 1. The Morgan fingerprint density at radius 1 is 1.33 bits per heavy atom. The average Bonchev–Trinajstić information content (AvgIpc) is 3.00. The average molecular weight is 287 g/mol. The molecule has 1 aromatic heterocycles. The highest BCUT2D eigenvalue weighted by Gasteiger charge is 2.12. The molecule has 0 saturated carbocycles. The van der Waals surface area contributed by atoms with Crippen molar-refractivity contribution >= 4 is 5.91 Å². The SMILES string of the molecule is CCCCOc1ccc(C(=O)N(C)Cc2cn[nH]c2)cc1. The van der Waals surface area contributed by atoms with E-state index in [4.69, 9.17) is 4.74 Å². The van der Waals surface area contributed by atoms with Crippen LogP contribution in [0.4, 0.5) is 0 Å². The van der Waals surface area contributed by atoms with Gasteiger partial charge in [-0.05, 0) is 30.7 Å². The summed E-state index contributed by atoms with van der Waals surface area (Å²) in [5.74, 6) is 0.786. The molecule has 0 aliphatic rings. The normalized spacial score (nSPS) is 10.4. The number of carbonyl (C=O) groups excluding carboxylic acids is 1. The first-order chi connectivity index (χ1) is 10.2. The van der Waals surface area contributed by atoms with E-state index in [9.17, 15) is 4.79 Å². The lowest BCUT2D eigenvalue weighted by atomic mass is 10.2. The van der Waals surface area contributed by atoms with Crippen molar-refractivity contribution in [2.45, 2.75) is 26.3 Å². The van der Waals surface area contributed by atoms with Crippen molar-refractivity contribution in [1.82, 2.24) is 15.1 Å². The molecule has 0 saturated heterocycles. The second kappa shape index (κ2) is 7.47. The number of benzene rings is 1. The molecule has 2 rings (SSSR count). The zero-order valence-electron chi connectivity index (χ0n) is 12.5.